The molecule has 0 spiro atoms. The Balaban J connectivity index is 1.91. The Hall–Kier alpha value is -3.15. The van der Waals surface area contributed by atoms with Crippen molar-refractivity contribution in [2.45, 2.75) is 46.6 Å². The molecule has 1 aliphatic rings. The van der Waals surface area contributed by atoms with Crippen LogP contribution in [0.4, 0.5) is 21.4 Å². The molecule has 174 valence electrons. The molecule has 0 atom stereocenters. The van der Waals surface area contributed by atoms with Gasteiger partial charge >= 0.3 is 11.7 Å². The van der Waals surface area contributed by atoms with Crippen LogP contribution in [-0.2, 0) is 17.8 Å². The van der Waals surface area contributed by atoms with Crippen LogP contribution in [0, 0.1) is 5.92 Å². The van der Waals surface area contributed by atoms with Crippen molar-refractivity contribution in [3.8, 4) is 0 Å². The molecular weight excluding hydrogens is 434 g/mol. The summed E-state index contributed by atoms with van der Waals surface area (Å²) < 4.78 is 1.30. The molecule has 0 unspecified atom stereocenters. The standard InChI is InChI=1S/C20H29N7O4S/c1-4-5-7-25-16(21)15(17(29)24-19(25)31)27(10-12(2)3)14(28)9-13-11-32-20(23-13)26-8-6-22-18(26)30/h11-12H,4-10,21H2,1-3H3,(H,22,30)(H,24,29,31). The molecule has 3 heterocycles. The van der Waals surface area contributed by atoms with Crippen molar-refractivity contribution in [2.75, 3.05) is 35.2 Å². The van der Waals surface area contributed by atoms with Gasteiger partial charge in [-0.25, -0.2) is 14.6 Å². The molecule has 4 N–H and O–H groups in total. The van der Waals surface area contributed by atoms with Crippen molar-refractivity contribution >= 4 is 39.9 Å². The lowest BCUT2D eigenvalue weighted by Crippen LogP contribution is -2.43. The number of nitrogens with one attached hydrogen (secondary N) is 2. The highest BCUT2D eigenvalue weighted by Crippen LogP contribution is 2.24. The number of thiazole rings is 1. The maximum Gasteiger partial charge on any atom is 0.330 e. The summed E-state index contributed by atoms with van der Waals surface area (Å²) in [5.41, 5.74) is 5.42. The van der Waals surface area contributed by atoms with Gasteiger partial charge in [0.25, 0.3) is 5.56 Å². The van der Waals surface area contributed by atoms with E-state index in [1.165, 1.54) is 25.7 Å². The molecule has 32 heavy (non-hydrogen) atoms. The van der Waals surface area contributed by atoms with Gasteiger partial charge in [0.1, 0.15) is 5.82 Å². The van der Waals surface area contributed by atoms with Crippen LogP contribution in [0.15, 0.2) is 15.0 Å². The van der Waals surface area contributed by atoms with Gasteiger partial charge in [0.05, 0.1) is 12.1 Å². The van der Waals surface area contributed by atoms with E-state index in [0.717, 1.165) is 6.42 Å². The number of nitrogens with zero attached hydrogens (tertiary/aromatic N) is 4. The molecule has 0 aromatic carbocycles. The van der Waals surface area contributed by atoms with Gasteiger partial charge in [-0.05, 0) is 12.3 Å². The van der Waals surface area contributed by atoms with Crippen molar-refractivity contribution < 1.29 is 9.59 Å². The van der Waals surface area contributed by atoms with Gasteiger partial charge in [-0.15, -0.1) is 11.3 Å². The molecule has 0 bridgehead atoms. The third kappa shape index (κ3) is 5.01. The molecule has 1 aliphatic heterocycles. The number of aromatic nitrogens is 3. The van der Waals surface area contributed by atoms with E-state index in [1.54, 1.807) is 5.38 Å². The number of carbonyl (C=O) groups excluding carboxylic acids is 2. The molecule has 3 amide bonds. The van der Waals surface area contributed by atoms with Crippen molar-refractivity contribution in [1.82, 2.24) is 19.9 Å². The van der Waals surface area contributed by atoms with Gasteiger partial charge in [-0.3, -0.25) is 24.0 Å². The number of aromatic amines is 1. The Morgan fingerprint density at radius 1 is 1.34 bits per heavy atom. The fraction of sp³-hybridized carbons (Fsp3) is 0.550. The number of rotatable bonds is 9. The summed E-state index contributed by atoms with van der Waals surface area (Å²) in [4.78, 5) is 59.6. The fourth-order valence-electron chi connectivity index (χ4n) is 3.47. The number of amides is 3. The summed E-state index contributed by atoms with van der Waals surface area (Å²) in [5.74, 6) is -0.332. The average molecular weight is 464 g/mol. The highest BCUT2D eigenvalue weighted by molar-refractivity contribution is 7.14. The molecule has 0 aliphatic carbocycles. The van der Waals surface area contributed by atoms with Gasteiger partial charge in [0, 0.05) is 31.6 Å². The predicted molar refractivity (Wildman–Crippen MR) is 124 cm³/mol. The molecular formula is C20H29N7O4S. The zero-order valence-corrected chi connectivity index (χ0v) is 19.3. The summed E-state index contributed by atoms with van der Waals surface area (Å²) in [6.07, 6.45) is 1.49. The Labute approximate surface area is 189 Å². The second-order valence-corrected chi connectivity index (χ2v) is 8.91. The lowest BCUT2D eigenvalue weighted by atomic mass is 10.1. The van der Waals surface area contributed by atoms with E-state index >= 15 is 0 Å². The molecule has 0 radical (unpaired) electrons. The number of carbonyl (C=O) groups is 2. The zero-order valence-electron chi connectivity index (χ0n) is 18.5. The Morgan fingerprint density at radius 3 is 2.72 bits per heavy atom. The molecule has 2 aromatic heterocycles. The minimum Gasteiger partial charge on any atom is -0.383 e. The monoisotopic (exact) mass is 463 g/mol. The van der Waals surface area contributed by atoms with Crippen LogP contribution < -0.4 is 32.1 Å². The molecule has 2 aromatic rings. The van der Waals surface area contributed by atoms with Crippen LogP contribution in [-0.4, -0.2) is 46.1 Å². The van der Waals surface area contributed by atoms with Crippen LogP contribution >= 0.6 is 11.3 Å². The lowest BCUT2D eigenvalue weighted by molar-refractivity contribution is -0.118. The van der Waals surface area contributed by atoms with E-state index in [4.69, 9.17) is 5.73 Å². The fourth-order valence-corrected chi connectivity index (χ4v) is 4.31. The number of hydrogen-bond acceptors (Lipinski definition) is 7. The topological polar surface area (TPSA) is 146 Å². The first kappa shape index (κ1) is 23.5. The first-order chi connectivity index (χ1) is 15.2. The second-order valence-electron chi connectivity index (χ2n) is 8.08. The maximum atomic E-state index is 13.3. The van der Waals surface area contributed by atoms with Crippen LogP contribution in [0.25, 0.3) is 0 Å². The minimum atomic E-state index is -0.693. The van der Waals surface area contributed by atoms with Gasteiger partial charge in [-0.2, -0.15) is 0 Å². The third-order valence-corrected chi connectivity index (χ3v) is 5.94. The SMILES string of the molecule is CCCCn1c(N)c(N(CC(C)C)C(=O)Cc2csc(N3CCNC3=O)n2)c(=O)[nH]c1=O. The van der Waals surface area contributed by atoms with E-state index in [-0.39, 0.29) is 42.3 Å². The second kappa shape index (κ2) is 9.98. The molecule has 11 nitrogen and oxygen atoms in total. The van der Waals surface area contributed by atoms with Crippen LogP contribution in [0.5, 0.6) is 0 Å². The van der Waals surface area contributed by atoms with Gasteiger partial charge < -0.3 is 16.0 Å². The summed E-state index contributed by atoms with van der Waals surface area (Å²) in [6.45, 7) is 7.49. The van der Waals surface area contributed by atoms with E-state index in [0.29, 0.717) is 36.9 Å². The highest BCUT2D eigenvalue weighted by atomic mass is 32.1. The van der Waals surface area contributed by atoms with Crippen molar-refractivity contribution in [3.63, 3.8) is 0 Å². The van der Waals surface area contributed by atoms with Crippen molar-refractivity contribution in [1.29, 1.82) is 0 Å². The lowest BCUT2D eigenvalue weighted by Gasteiger charge is -2.26. The summed E-state index contributed by atoms with van der Waals surface area (Å²) in [5, 5.41) is 4.96. The minimum absolute atomic E-state index is 0.0195. The van der Waals surface area contributed by atoms with Crippen LogP contribution in [0.1, 0.15) is 39.3 Å². The normalized spacial score (nSPS) is 13.6. The molecule has 0 saturated carbocycles. The van der Waals surface area contributed by atoms with Gasteiger partial charge in [-0.1, -0.05) is 27.2 Å². The quantitative estimate of drug-likeness (QED) is 0.508. The number of hydrogen-bond donors (Lipinski definition) is 3. The number of nitrogen functional groups attached to an aromatic ring is 1. The first-order valence-corrected chi connectivity index (χ1v) is 11.5. The largest absolute Gasteiger partial charge is 0.383 e. The van der Waals surface area contributed by atoms with E-state index < -0.39 is 11.2 Å². The Kier molecular flexibility index (Phi) is 7.33. The summed E-state index contributed by atoms with van der Waals surface area (Å²) >= 11 is 1.28. The van der Waals surface area contributed by atoms with Gasteiger partial charge in [0.2, 0.25) is 5.91 Å². The smallest absolute Gasteiger partial charge is 0.330 e. The van der Waals surface area contributed by atoms with Crippen molar-refractivity contribution in [2.24, 2.45) is 5.92 Å². The van der Waals surface area contributed by atoms with E-state index in [1.807, 2.05) is 20.8 Å². The van der Waals surface area contributed by atoms with Crippen LogP contribution in [0.3, 0.4) is 0 Å². The maximum absolute atomic E-state index is 13.3. The number of urea groups is 1. The Morgan fingerprint density at radius 2 is 2.09 bits per heavy atom. The molecule has 12 heteroatoms. The number of nitrogens with two attached hydrogens (primary N) is 1. The third-order valence-electron chi connectivity index (χ3n) is 5.03. The van der Waals surface area contributed by atoms with Crippen LogP contribution in [0.2, 0.25) is 0 Å². The highest BCUT2D eigenvalue weighted by Gasteiger charge is 2.27. The first-order valence-electron chi connectivity index (χ1n) is 10.7. The number of unbranched alkanes of at least 4 members (excludes halogenated alkanes) is 1. The van der Waals surface area contributed by atoms with Crippen molar-refractivity contribution in [3.05, 3.63) is 31.9 Å². The number of H-pyrrole nitrogens is 1. The van der Waals surface area contributed by atoms with Gasteiger partial charge in [0.15, 0.2) is 10.8 Å². The van der Waals surface area contributed by atoms with E-state index in [9.17, 15) is 19.2 Å². The number of anilines is 3. The zero-order chi connectivity index (χ0) is 23.4. The molecule has 3 rings (SSSR count). The molecule has 1 saturated heterocycles. The predicted octanol–water partition coefficient (Wildman–Crippen LogP) is 1.14. The summed E-state index contributed by atoms with van der Waals surface area (Å²) in [6, 6.07) is -0.215. The van der Waals surface area contributed by atoms with E-state index in [2.05, 4.69) is 15.3 Å². The summed E-state index contributed by atoms with van der Waals surface area (Å²) in [7, 11) is 0. The average Bonchev–Trinajstić information content (AvgIpc) is 3.35. The molecule has 1 fully saturated rings. The Bertz CT molecular complexity index is 1100.